The smallest absolute Gasteiger partial charge is 0.335 e. The van der Waals surface area contributed by atoms with Crippen LogP contribution < -0.4 is 5.32 Å². The molecule has 3 atom stereocenters. The van der Waals surface area contributed by atoms with Crippen molar-refractivity contribution in [3.8, 4) is 0 Å². The van der Waals surface area contributed by atoms with Gasteiger partial charge in [0.15, 0.2) is 0 Å². The Morgan fingerprint density at radius 3 is 2.52 bits per heavy atom. The van der Waals surface area contributed by atoms with Gasteiger partial charge in [0.1, 0.15) is 6.54 Å². The van der Waals surface area contributed by atoms with Crippen molar-refractivity contribution in [1.82, 2.24) is 15.1 Å². The Hall–Kier alpha value is -2.18. The minimum absolute atomic E-state index is 0.0408. The Balaban J connectivity index is 1.97. The van der Waals surface area contributed by atoms with Gasteiger partial charge in [-0.1, -0.05) is 32.8 Å². The van der Waals surface area contributed by atoms with Crippen LogP contribution in [0.4, 0.5) is 4.79 Å². The summed E-state index contributed by atoms with van der Waals surface area (Å²) in [6, 6.07) is -0.723. The first-order valence-corrected chi connectivity index (χ1v) is 7.94. The van der Waals surface area contributed by atoms with Crippen molar-refractivity contribution in [2.45, 2.75) is 39.2 Å². The summed E-state index contributed by atoms with van der Waals surface area (Å²) in [6.07, 6.45) is 4.43. The predicted octanol–water partition coefficient (Wildman–Crippen LogP) is 0.904. The highest BCUT2D eigenvalue weighted by Crippen LogP contribution is 2.29. The lowest BCUT2D eigenvalue weighted by atomic mass is 9.78. The molecule has 7 nitrogen and oxygen atoms in total. The van der Waals surface area contributed by atoms with E-state index in [2.05, 4.69) is 25.7 Å². The largest absolute Gasteiger partial charge is 0.352 e. The molecule has 1 heterocycles. The second-order valence-electron chi connectivity index (χ2n) is 6.32. The molecule has 1 saturated carbocycles. The molecular formula is C16H23N3O4. The van der Waals surface area contributed by atoms with Crippen LogP contribution in [0.15, 0.2) is 12.7 Å². The molecule has 2 rings (SSSR count). The van der Waals surface area contributed by atoms with E-state index in [4.69, 9.17) is 0 Å². The summed E-state index contributed by atoms with van der Waals surface area (Å²) in [5, 5.41) is 2.89. The lowest BCUT2D eigenvalue weighted by Gasteiger charge is -2.34. The molecule has 23 heavy (non-hydrogen) atoms. The lowest BCUT2D eigenvalue weighted by molar-refractivity contribution is -0.143. The molecule has 1 N–H and O–H groups in total. The maximum atomic E-state index is 12.2. The summed E-state index contributed by atoms with van der Waals surface area (Å²) < 4.78 is 0. The van der Waals surface area contributed by atoms with Gasteiger partial charge in [-0.25, -0.2) is 9.69 Å². The van der Waals surface area contributed by atoms with Crippen molar-refractivity contribution >= 4 is 23.8 Å². The maximum absolute atomic E-state index is 12.2. The highest BCUT2D eigenvalue weighted by molar-refractivity contribution is 6.45. The van der Waals surface area contributed by atoms with Crippen LogP contribution in [0.1, 0.15) is 33.1 Å². The van der Waals surface area contributed by atoms with E-state index in [-0.39, 0.29) is 12.6 Å². The molecule has 2 aliphatic rings. The minimum Gasteiger partial charge on any atom is -0.352 e. The topological polar surface area (TPSA) is 86.8 Å². The first kappa shape index (κ1) is 17.2. The van der Waals surface area contributed by atoms with Gasteiger partial charge in [-0.05, 0) is 18.3 Å². The number of hydrogen-bond donors (Lipinski definition) is 1. The highest BCUT2D eigenvalue weighted by Gasteiger charge is 2.44. The first-order valence-electron chi connectivity index (χ1n) is 7.94. The van der Waals surface area contributed by atoms with Gasteiger partial charge >= 0.3 is 17.8 Å². The van der Waals surface area contributed by atoms with Crippen molar-refractivity contribution in [2.24, 2.45) is 11.8 Å². The summed E-state index contributed by atoms with van der Waals surface area (Å²) in [4.78, 5) is 49.3. The van der Waals surface area contributed by atoms with Gasteiger partial charge in [0.05, 0.1) is 0 Å². The molecule has 0 spiro atoms. The van der Waals surface area contributed by atoms with Gasteiger partial charge in [-0.3, -0.25) is 19.3 Å². The number of urea groups is 1. The summed E-state index contributed by atoms with van der Waals surface area (Å²) in [5.41, 5.74) is 0. The monoisotopic (exact) mass is 321 g/mol. The molecule has 126 valence electrons. The zero-order chi connectivity index (χ0) is 17.1. The third kappa shape index (κ3) is 3.43. The molecule has 1 saturated heterocycles. The molecule has 0 bridgehead atoms. The van der Waals surface area contributed by atoms with Gasteiger partial charge in [0.25, 0.3) is 0 Å². The molecule has 2 fully saturated rings. The van der Waals surface area contributed by atoms with Crippen molar-refractivity contribution in [2.75, 3.05) is 13.1 Å². The lowest BCUT2D eigenvalue weighted by Crippen LogP contribution is -2.48. The second kappa shape index (κ2) is 6.93. The highest BCUT2D eigenvalue weighted by atomic mass is 16.2. The maximum Gasteiger partial charge on any atom is 0.335 e. The molecule has 0 aromatic heterocycles. The van der Waals surface area contributed by atoms with Crippen LogP contribution >= 0.6 is 0 Å². The Labute approximate surface area is 135 Å². The molecule has 0 radical (unpaired) electrons. The fourth-order valence-electron chi connectivity index (χ4n) is 3.16. The zero-order valence-corrected chi connectivity index (χ0v) is 13.6. The van der Waals surface area contributed by atoms with Crippen molar-refractivity contribution in [1.29, 1.82) is 0 Å². The standard InChI is InChI=1S/C16H23N3O4/c1-4-8-18-14(21)15(22)19(16(18)23)9-13(20)17-12-7-5-6-10(2)11(12)3/h4,10-12H,1,5-9H2,2-3H3,(H,17,20)/t10-,11+,12+/m0/s1. The van der Waals surface area contributed by atoms with Crippen molar-refractivity contribution in [3.63, 3.8) is 0 Å². The Morgan fingerprint density at radius 1 is 1.22 bits per heavy atom. The molecule has 0 aromatic carbocycles. The van der Waals surface area contributed by atoms with E-state index in [0.717, 1.165) is 24.2 Å². The number of carbonyl (C=O) groups excluding carboxylic acids is 4. The third-order valence-electron chi connectivity index (χ3n) is 4.80. The van der Waals surface area contributed by atoms with Crippen molar-refractivity contribution < 1.29 is 19.2 Å². The quantitative estimate of drug-likeness (QED) is 0.463. The fourth-order valence-corrected chi connectivity index (χ4v) is 3.16. The average molecular weight is 321 g/mol. The van der Waals surface area contributed by atoms with Gasteiger partial charge in [-0.15, -0.1) is 6.58 Å². The molecule has 1 aliphatic heterocycles. The Kier molecular flexibility index (Phi) is 5.18. The first-order chi connectivity index (χ1) is 10.9. The van der Waals surface area contributed by atoms with E-state index >= 15 is 0 Å². The average Bonchev–Trinajstić information content (AvgIpc) is 2.70. The molecular weight excluding hydrogens is 298 g/mol. The Morgan fingerprint density at radius 2 is 1.87 bits per heavy atom. The zero-order valence-electron chi connectivity index (χ0n) is 13.6. The number of imide groups is 2. The van der Waals surface area contributed by atoms with Crippen LogP contribution in [-0.4, -0.2) is 52.7 Å². The van der Waals surface area contributed by atoms with Crippen molar-refractivity contribution in [3.05, 3.63) is 12.7 Å². The number of hydrogen-bond acceptors (Lipinski definition) is 4. The van der Waals surface area contributed by atoms with E-state index < -0.39 is 30.3 Å². The van der Waals surface area contributed by atoms with Crippen LogP contribution in [0.3, 0.4) is 0 Å². The molecule has 7 heteroatoms. The van der Waals surface area contributed by atoms with Gasteiger partial charge in [0, 0.05) is 12.6 Å². The second-order valence-corrected chi connectivity index (χ2v) is 6.32. The van der Waals surface area contributed by atoms with Crippen LogP contribution in [-0.2, 0) is 14.4 Å². The summed E-state index contributed by atoms with van der Waals surface area (Å²) in [6.45, 7) is 7.23. The summed E-state index contributed by atoms with van der Waals surface area (Å²) in [5.74, 6) is -1.42. The van der Waals surface area contributed by atoms with Crippen LogP contribution in [0.5, 0.6) is 0 Å². The van der Waals surface area contributed by atoms with Crippen LogP contribution in [0.25, 0.3) is 0 Å². The predicted molar refractivity (Wildman–Crippen MR) is 83.1 cm³/mol. The van der Waals surface area contributed by atoms with E-state index in [1.54, 1.807) is 0 Å². The van der Waals surface area contributed by atoms with E-state index in [0.29, 0.717) is 16.7 Å². The van der Waals surface area contributed by atoms with E-state index in [1.165, 1.54) is 6.08 Å². The Bertz CT molecular complexity index is 545. The molecule has 0 unspecified atom stereocenters. The minimum atomic E-state index is -0.961. The SMILES string of the molecule is C=CCN1C(=O)C(=O)N(CC(=O)N[C@@H]2CCC[C@H](C)[C@H]2C)C1=O. The third-order valence-corrected chi connectivity index (χ3v) is 4.80. The fraction of sp³-hybridized carbons (Fsp3) is 0.625. The number of nitrogens with zero attached hydrogens (tertiary/aromatic N) is 2. The van der Waals surface area contributed by atoms with Gasteiger partial charge in [0.2, 0.25) is 5.91 Å². The molecule has 5 amide bonds. The van der Waals surface area contributed by atoms with Crippen LogP contribution in [0, 0.1) is 11.8 Å². The number of rotatable bonds is 5. The van der Waals surface area contributed by atoms with Crippen LogP contribution in [0.2, 0.25) is 0 Å². The summed E-state index contributed by atoms with van der Waals surface area (Å²) >= 11 is 0. The molecule has 0 aromatic rings. The number of amides is 5. The summed E-state index contributed by atoms with van der Waals surface area (Å²) in [7, 11) is 0. The molecule has 1 aliphatic carbocycles. The number of nitrogens with one attached hydrogen (secondary N) is 1. The van der Waals surface area contributed by atoms with E-state index in [9.17, 15) is 19.2 Å². The normalized spacial score (nSPS) is 28.3. The van der Waals surface area contributed by atoms with Gasteiger partial charge < -0.3 is 5.32 Å². The number of carbonyl (C=O) groups is 4. The van der Waals surface area contributed by atoms with E-state index in [1.807, 2.05) is 0 Å². The van der Waals surface area contributed by atoms with Gasteiger partial charge in [-0.2, -0.15) is 0 Å².